The summed E-state index contributed by atoms with van der Waals surface area (Å²) in [6.45, 7) is 1.62. The van der Waals surface area contributed by atoms with E-state index in [4.69, 9.17) is 4.74 Å². The van der Waals surface area contributed by atoms with Crippen LogP contribution in [0.1, 0.15) is 39.4 Å². The summed E-state index contributed by atoms with van der Waals surface area (Å²) >= 11 is 0. The van der Waals surface area contributed by atoms with Crippen LogP contribution in [-0.2, 0) is 18.3 Å². The zero-order chi connectivity index (χ0) is 17.8. The molecule has 1 unspecified atom stereocenters. The van der Waals surface area contributed by atoms with Gasteiger partial charge in [-0.2, -0.15) is 0 Å². The van der Waals surface area contributed by atoms with Crippen LogP contribution >= 0.6 is 0 Å². The molecule has 0 saturated carbocycles. The lowest BCUT2D eigenvalue weighted by atomic mass is 10.2. The summed E-state index contributed by atoms with van der Waals surface area (Å²) in [7, 11) is 1.59. The van der Waals surface area contributed by atoms with Gasteiger partial charge in [-0.1, -0.05) is 0 Å². The normalized spacial score (nSPS) is 16.8. The third kappa shape index (κ3) is 3.88. The largest absolute Gasteiger partial charge is 0.477 e. The third-order valence-corrected chi connectivity index (χ3v) is 4.42. The third-order valence-electron chi connectivity index (χ3n) is 4.42. The zero-order valence-electron chi connectivity index (χ0n) is 14.1. The fourth-order valence-corrected chi connectivity index (χ4v) is 3.06. The summed E-state index contributed by atoms with van der Waals surface area (Å²) in [4.78, 5) is 30.0. The molecular weight excluding hydrogens is 322 g/mol. The minimum Gasteiger partial charge on any atom is -0.477 e. The number of hydrogen-bond donors (Lipinski definition) is 1. The predicted molar refractivity (Wildman–Crippen MR) is 90.3 cm³/mol. The Balaban J connectivity index is 1.84. The average Bonchev–Trinajstić information content (AvgIpc) is 3.24. The van der Waals surface area contributed by atoms with Crippen molar-refractivity contribution in [2.75, 3.05) is 13.2 Å². The van der Waals surface area contributed by atoms with E-state index in [1.807, 2.05) is 12.1 Å². The molecule has 1 aliphatic heterocycles. The summed E-state index contributed by atoms with van der Waals surface area (Å²) in [5, 5.41) is 9.19. The first-order valence-corrected chi connectivity index (χ1v) is 8.25. The molecule has 1 aliphatic rings. The molecule has 3 heterocycles. The number of aromatic carboxylic acids is 1. The number of rotatable bonds is 6. The van der Waals surface area contributed by atoms with Crippen molar-refractivity contribution in [1.82, 2.24) is 14.5 Å². The van der Waals surface area contributed by atoms with Gasteiger partial charge in [-0.05, 0) is 42.7 Å². The smallest absolute Gasteiger partial charge is 0.352 e. The van der Waals surface area contributed by atoms with Crippen LogP contribution in [0.25, 0.3) is 0 Å². The number of hydrogen-bond acceptors (Lipinski definition) is 4. The van der Waals surface area contributed by atoms with Crippen LogP contribution < -0.4 is 0 Å². The molecule has 0 bridgehead atoms. The fourth-order valence-electron chi connectivity index (χ4n) is 3.06. The highest BCUT2D eigenvalue weighted by Crippen LogP contribution is 2.18. The Bertz CT molecular complexity index is 751. The van der Waals surface area contributed by atoms with Crippen molar-refractivity contribution in [1.29, 1.82) is 0 Å². The number of nitrogens with zero attached hydrogens (tertiary/aromatic N) is 3. The summed E-state index contributed by atoms with van der Waals surface area (Å²) in [5.41, 5.74) is 1.41. The molecular formula is C18H21N3O4. The molecule has 3 rings (SSSR count). The zero-order valence-corrected chi connectivity index (χ0v) is 14.1. The van der Waals surface area contributed by atoms with Crippen molar-refractivity contribution in [3.63, 3.8) is 0 Å². The maximum absolute atomic E-state index is 13.0. The highest BCUT2D eigenvalue weighted by molar-refractivity contribution is 5.95. The standard InChI is InChI=1S/C18H21N3O4/c1-20-15(4-5-16(20)18(23)24)17(22)21(12-14-3-2-10-25-14)11-13-6-8-19-9-7-13/h4-9,14H,2-3,10-12H2,1H3,(H,23,24). The molecule has 1 fully saturated rings. The Hall–Kier alpha value is -2.67. The van der Waals surface area contributed by atoms with Crippen molar-refractivity contribution in [2.45, 2.75) is 25.5 Å². The van der Waals surface area contributed by atoms with Crippen LogP contribution in [-0.4, -0.2) is 50.7 Å². The van der Waals surface area contributed by atoms with E-state index < -0.39 is 5.97 Å². The molecule has 0 aromatic carbocycles. The summed E-state index contributed by atoms with van der Waals surface area (Å²) < 4.78 is 7.09. The van der Waals surface area contributed by atoms with Crippen molar-refractivity contribution in [2.24, 2.45) is 7.05 Å². The number of pyridine rings is 1. The quantitative estimate of drug-likeness (QED) is 0.866. The maximum Gasteiger partial charge on any atom is 0.352 e. The molecule has 7 nitrogen and oxygen atoms in total. The van der Waals surface area contributed by atoms with Gasteiger partial charge in [0.2, 0.25) is 0 Å². The van der Waals surface area contributed by atoms with Crippen molar-refractivity contribution in [3.05, 3.63) is 53.6 Å². The summed E-state index contributed by atoms with van der Waals surface area (Å²) in [5.74, 6) is -1.26. The van der Waals surface area contributed by atoms with Gasteiger partial charge in [0, 0.05) is 39.1 Å². The Kier molecular flexibility index (Phi) is 5.14. The van der Waals surface area contributed by atoms with Crippen LogP contribution in [0.4, 0.5) is 0 Å². The van der Waals surface area contributed by atoms with Crippen LogP contribution in [0.15, 0.2) is 36.7 Å². The molecule has 0 aliphatic carbocycles. The molecule has 1 N–H and O–H groups in total. The number of carbonyl (C=O) groups excluding carboxylic acids is 1. The number of carbonyl (C=O) groups is 2. The number of ether oxygens (including phenoxy) is 1. The molecule has 1 amide bonds. The van der Waals surface area contributed by atoms with E-state index in [-0.39, 0.29) is 17.7 Å². The van der Waals surface area contributed by atoms with Crippen molar-refractivity contribution in [3.8, 4) is 0 Å². The van der Waals surface area contributed by atoms with Gasteiger partial charge in [-0.3, -0.25) is 9.78 Å². The van der Waals surface area contributed by atoms with Gasteiger partial charge in [0.25, 0.3) is 5.91 Å². The molecule has 1 saturated heterocycles. The molecule has 1 atom stereocenters. The molecule has 0 radical (unpaired) electrons. The van der Waals surface area contributed by atoms with E-state index in [9.17, 15) is 14.7 Å². The first-order chi connectivity index (χ1) is 12.1. The number of aromatic nitrogens is 2. The van der Waals surface area contributed by atoms with Gasteiger partial charge < -0.3 is 19.3 Å². The lowest BCUT2D eigenvalue weighted by molar-refractivity contribution is 0.0499. The second kappa shape index (κ2) is 7.48. The fraction of sp³-hybridized carbons (Fsp3) is 0.389. The van der Waals surface area contributed by atoms with E-state index in [0.717, 1.165) is 25.0 Å². The van der Waals surface area contributed by atoms with Crippen molar-refractivity contribution < 1.29 is 19.4 Å². The minimum atomic E-state index is -1.05. The van der Waals surface area contributed by atoms with Gasteiger partial charge in [0.1, 0.15) is 11.4 Å². The lowest BCUT2D eigenvalue weighted by Crippen LogP contribution is -2.37. The Morgan fingerprint density at radius 2 is 2.00 bits per heavy atom. The minimum absolute atomic E-state index is 0.0185. The second-order valence-electron chi connectivity index (χ2n) is 6.14. The molecule has 0 spiro atoms. The van der Waals surface area contributed by atoms with Crippen LogP contribution in [0.3, 0.4) is 0 Å². The van der Waals surface area contributed by atoms with Crippen molar-refractivity contribution >= 4 is 11.9 Å². The van der Waals surface area contributed by atoms with E-state index in [2.05, 4.69) is 4.98 Å². The summed E-state index contributed by atoms with van der Waals surface area (Å²) in [6, 6.07) is 6.74. The lowest BCUT2D eigenvalue weighted by Gasteiger charge is -2.26. The highest BCUT2D eigenvalue weighted by atomic mass is 16.5. The molecule has 2 aromatic heterocycles. The average molecular weight is 343 g/mol. The van der Waals surface area contributed by atoms with E-state index in [1.54, 1.807) is 30.4 Å². The van der Waals surface area contributed by atoms with Gasteiger partial charge in [-0.25, -0.2) is 4.79 Å². The molecule has 7 heteroatoms. The first kappa shape index (κ1) is 17.2. The van der Waals surface area contributed by atoms with E-state index in [0.29, 0.717) is 18.8 Å². The molecule has 2 aromatic rings. The number of amides is 1. The number of carboxylic acids is 1. The first-order valence-electron chi connectivity index (χ1n) is 8.25. The van der Waals surface area contributed by atoms with Gasteiger partial charge >= 0.3 is 5.97 Å². The van der Waals surface area contributed by atoms with Crippen LogP contribution in [0.2, 0.25) is 0 Å². The number of carboxylic acid groups (broad SMARTS) is 1. The SMILES string of the molecule is Cn1c(C(=O)O)ccc1C(=O)N(Cc1ccncc1)CC1CCCO1. The Morgan fingerprint density at radius 3 is 2.60 bits per heavy atom. The van der Waals surface area contributed by atoms with Gasteiger partial charge in [-0.15, -0.1) is 0 Å². The Morgan fingerprint density at radius 1 is 1.28 bits per heavy atom. The maximum atomic E-state index is 13.0. The van der Waals surface area contributed by atoms with E-state index in [1.165, 1.54) is 10.6 Å². The molecule has 25 heavy (non-hydrogen) atoms. The highest BCUT2D eigenvalue weighted by Gasteiger charge is 2.26. The monoisotopic (exact) mass is 343 g/mol. The predicted octanol–water partition coefficient (Wildman–Crippen LogP) is 1.94. The van der Waals surface area contributed by atoms with Crippen LogP contribution in [0.5, 0.6) is 0 Å². The molecule has 132 valence electrons. The summed E-state index contributed by atoms with van der Waals surface area (Å²) in [6.07, 6.45) is 5.32. The van der Waals surface area contributed by atoms with Gasteiger partial charge in [0.05, 0.1) is 6.10 Å². The second-order valence-corrected chi connectivity index (χ2v) is 6.14. The van der Waals surface area contributed by atoms with E-state index >= 15 is 0 Å². The Labute approximate surface area is 145 Å². The topological polar surface area (TPSA) is 84.7 Å². The van der Waals surface area contributed by atoms with Gasteiger partial charge in [0.15, 0.2) is 0 Å². The van der Waals surface area contributed by atoms with Crippen LogP contribution in [0, 0.1) is 0 Å².